The van der Waals surface area contributed by atoms with Crippen LogP contribution in [-0.4, -0.2) is 37.2 Å². The smallest absolute Gasteiger partial charge is 0.225 e. The number of hydrogen-bond donors (Lipinski definition) is 1. The zero-order valence-corrected chi connectivity index (χ0v) is 12.4. The molecule has 0 aromatic carbocycles. The first-order valence-electron chi connectivity index (χ1n) is 6.78. The van der Waals surface area contributed by atoms with Gasteiger partial charge in [0.2, 0.25) is 5.95 Å². The Morgan fingerprint density at radius 2 is 1.67 bits per heavy atom. The van der Waals surface area contributed by atoms with Crippen molar-refractivity contribution in [2.45, 2.75) is 40.0 Å². The molecule has 18 heavy (non-hydrogen) atoms. The lowest BCUT2D eigenvalue weighted by atomic mass is 10.1. The Morgan fingerprint density at radius 1 is 1.06 bits per heavy atom. The lowest BCUT2D eigenvalue weighted by Gasteiger charge is -2.15. The van der Waals surface area contributed by atoms with E-state index in [0.29, 0.717) is 0 Å². The van der Waals surface area contributed by atoms with E-state index in [9.17, 15) is 0 Å². The number of aryl methyl sites for hydroxylation is 2. The topological polar surface area (TPSA) is 41.1 Å². The van der Waals surface area contributed by atoms with Gasteiger partial charge in [0.1, 0.15) is 0 Å². The highest BCUT2D eigenvalue weighted by molar-refractivity contribution is 5.35. The van der Waals surface area contributed by atoms with Gasteiger partial charge in [-0.15, -0.1) is 0 Å². The molecule has 102 valence electrons. The molecule has 0 saturated heterocycles. The van der Waals surface area contributed by atoms with E-state index in [-0.39, 0.29) is 0 Å². The third-order valence-electron chi connectivity index (χ3n) is 3.02. The van der Waals surface area contributed by atoms with Crippen molar-refractivity contribution in [1.82, 2.24) is 15.3 Å². The fourth-order valence-corrected chi connectivity index (χ4v) is 1.98. The largest absolute Gasteiger partial charge is 0.347 e. The molecule has 0 spiro atoms. The maximum absolute atomic E-state index is 4.54. The second kappa shape index (κ2) is 7.31. The van der Waals surface area contributed by atoms with E-state index in [0.717, 1.165) is 43.3 Å². The van der Waals surface area contributed by atoms with Crippen molar-refractivity contribution in [3.8, 4) is 0 Å². The van der Waals surface area contributed by atoms with Crippen molar-refractivity contribution in [2.75, 3.05) is 32.1 Å². The molecule has 0 radical (unpaired) electrons. The van der Waals surface area contributed by atoms with Crippen LogP contribution in [0, 0.1) is 13.8 Å². The van der Waals surface area contributed by atoms with Crippen molar-refractivity contribution in [3.05, 3.63) is 17.0 Å². The standard InChI is InChI=1S/C14H26N4/c1-6-9-15-10-7-8-13-11(2)16-14(18(4)5)17-12(13)3/h15H,6-10H2,1-5H3. The van der Waals surface area contributed by atoms with Gasteiger partial charge in [0, 0.05) is 25.5 Å². The Hall–Kier alpha value is -1.16. The fraction of sp³-hybridized carbons (Fsp3) is 0.714. The third-order valence-corrected chi connectivity index (χ3v) is 3.02. The van der Waals surface area contributed by atoms with Gasteiger partial charge in [0.05, 0.1) is 0 Å². The number of nitrogens with zero attached hydrogens (tertiary/aromatic N) is 3. The molecule has 4 heteroatoms. The summed E-state index contributed by atoms with van der Waals surface area (Å²) in [6, 6.07) is 0. The molecule has 0 aliphatic rings. The van der Waals surface area contributed by atoms with E-state index in [4.69, 9.17) is 0 Å². The number of nitrogens with one attached hydrogen (secondary N) is 1. The van der Waals surface area contributed by atoms with Gasteiger partial charge in [0.15, 0.2) is 0 Å². The van der Waals surface area contributed by atoms with Crippen LogP contribution >= 0.6 is 0 Å². The lowest BCUT2D eigenvalue weighted by Crippen LogP contribution is -2.18. The molecule has 0 saturated carbocycles. The molecule has 1 heterocycles. The first kappa shape index (κ1) is 14.9. The molecule has 0 unspecified atom stereocenters. The fourth-order valence-electron chi connectivity index (χ4n) is 1.98. The Balaban J connectivity index is 2.60. The van der Waals surface area contributed by atoms with Crippen molar-refractivity contribution in [2.24, 2.45) is 0 Å². The number of rotatable bonds is 7. The van der Waals surface area contributed by atoms with Gasteiger partial charge in [-0.1, -0.05) is 6.92 Å². The maximum atomic E-state index is 4.54. The quantitative estimate of drug-likeness (QED) is 0.752. The molecule has 1 aromatic heterocycles. The molecular formula is C14H26N4. The predicted molar refractivity (Wildman–Crippen MR) is 77.3 cm³/mol. The van der Waals surface area contributed by atoms with Gasteiger partial charge in [-0.25, -0.2) is 9.97 Å². The van der Waals surface area contributed by atoms with Gasteiger partial charge in [-0.3, -0.25) is 0 Å². The van der Waals surface area contributed by atoms with Gasteiger partial charge >= 0.3 is 0 Å². The molecule has 0 atom stereocenters. The summed E-state index contributed by atoms with van der Waals surface area (Å²) in [7, 11) is 3.95. The predicted octanol–water partition coefficient (Wildman–Crippen LogP) is 2.09. The van der Waals surface area contributed by atoms with Gasteiger partial charge in [-0.2, -0.15) is 0 Å². The van der Waals surface area contributed by atoms with Gasteiger partial charge in [0.25, 0.3) is 0 Å². The van der Waals surface area contributed by atoms with Crippen LogP contribution in [0.4, 0.5) is 5.95 Å². The highest BCUT2D eigenvalue weighted by atomic mass is 15.2. The molecule has 0 aliphatic heterocycles. The number of anilines is 1. The summed E-state index contributed by atoms with van der Waals surface area (Å²) < 4.78 is 0. The summed E-state index contributed by atoms with van der Waals surface area (Å²) in [6.45, 7) is 8.53. The summed E-state index contributed by atoms with van der Waals surface area (Å²) in [5.74, 6) is 0.804. The van der Waals surface area contributed by atoms with E-state index in [1.165, 1.54) is 12.0 Å². The number of hydrogen-bond acceptors (Lipinski definition) is 4. The van der Waals surface area contributed by atoms with Crippen LogP contribution in [-0.2, 0) is 6.42 Å². The van der Waals surface area contributed by atoms with E-state index in [2.05, 4.69) is 36.1 Å². The summed E-state index contributed by atoms with van der Waals surface area (Å²) in [6.07, 6.45) is 3.40. The minimum atomic E-state index is 0.804. The minimum absolute atomic E-state index is 0.804. The van der Waals surface area contributed by atoms with Crippen LogP contribution < -0.4 is 10.2 Å². The van der Waals surface area contributed by atoms with Crippen molar-refractivity contribution < 1.29 is 0 Å². The van der Waals surface area contributed by atoms with Crippen LogP contribution in [0.5, 0.6) is 0 Å². The summed E-state index contributed by atoms with van der Waals surface area (Å²) in [4.78, 5) is 11.0. The molecule has 1 aromatic rings. The third kappa shape index (κ3) is 4.26. The normalized spacial score (nSPS) is 10.7. The molecule has 0 bridgehead atoms. The molecule has 1 N–H and O–H groups in total. The van der Waals surface area contributed by atoms with Crippen LogP contribution in [0.3, 0.4) is 0 Å². The zero-order valence-electron chi connectivity index (χ0n) is 12.4. The zero-order chi connectivity index (χ0) is 13.5. The molecule has 0 aliphatic carbocycles. The minimum Gasteiger partial charge on any atom is -0.347 e. The molecule has 0 amide bonds. The monoisotopic (exact) mass is 250 g/mol. The molecule has 4 nitrogen and oxygen atoms in total. The van der Waals surface area contributed by atoms with E-state index >= 15 is 0 Å². The highest BCUT2D eigenvalue weighted by Gasteiger charge is 2.09. The summed E-state index contributed by atoms with van der Waals surface area (Å²) >= 11 is 0. The van der Waals surface area contributed by atoms with Crippen molar-refractivity contribution in [1.29, 1.82) is 0 Å². The SMILES string of the molecule is CCCNCCCc1c(C)nc(N(C)C)nc1C. The Morgan fingerprint density at radius 3 is 2.17 bits per heavy atom. The highest BCUT2D eigenvalue weighted by Crippen LogP contribution is 2.15. The second-order valence-corrected chi connectivity index (χ2v) is 4.92. The Kier molecular flexibility index (Phi) is 6.05. The molecule has 0 fully saturated rings. The van der Waals surface area contributed by atoms with Crippen LogP contribution in [0.2, 0.25) is 0 Å². The van der Waals surface area contributed by atoms with E-state index < -0.39 is 0 Å². The average molecular weight is 250 g/mol. The van der Waals surface area contributed by atoms with E-state index in [1.54, 1.807) is 0 Å². The van der Waals surface area contributed by atoms with Crippen LogP contribution in [0.1, 0.15) is 36.7 Å². The molecule has 1 rings (SSSR count). The first-order chi connectivity index (χ1) is 8.56. The average Bonchev–Trinajstić information content (AvgIpc) is 2.31. The Bertz CT molecular complexity index is 351. The van der Waals surface area contributed by atoms with Gasteiger partial charge in [-0.05, 0) is 51.8 Å². The first-order valence-corrected chi connectivity index (χ1v) is 6.78. The van der Waals surface area contributed by atoms with Crippen molar-refractivity contribution >= 4 is 5.95 Å². The van der Waals surface area contributed by atoms with Crippen molar-refractivity contribution in [3.63, 3.8) is 0 Å². The summed E-state index contributed by atoms with van der Waals surface area (Å²) in [5, 5.41) is 3.42. The number of aromatic nitrogens is 2. The van der Waals surface area contributed by atoms with Crippen LogP contribution in [0.15, 0.2) is 0 Å². The second-order valence-electron chi connectivity index (χ2n) is 4.92. The van der Waals surface area contributed by atoms with Crippen LogP contribution in [0.25, 0.3) is 0 Å². The van der Waals surface area contributed by atoms with Gasteiger partial charge < -0.3 is 10.2 Å². The maximum Gasteiger partial charge on any atom is 0.225 e. The van der Waals surface area contributed by atoms with E-state index in [1.807, 2.05) is 19.0 Å². The molecular weight excluding hydrogens is 224 g/mol. The lowest BCUT2D eigenvalue weighted by molar-refractivity contribution is 0.636. The summed E-state index contributed by atoms with van der Waals surface area (Å²) in [5.41, 5.74) is 3.53. The Labute approximate surface area is 111 Å².